The summed E-state index contributed by atoms with van der Waals surface area (Å²) in [4.78, 5) is 12.8. The topological polar surface area (TPSA) is 75.7 Å². The summed E-state index contributed by atoms with van der Waals surface area (Å²) in [6.07, 6.45) is 0.0305. The first-order valence-corrected chi connectivity index (χ1v) is 11.5. The van der Waals surface area contributed by atoms with Crippen molar-refractivity contribution in [3.63, 3.8) is 0 Å². The molecular weight excluding hydrogens is 412 g/mol. The third-order valence-electron chi connectivity index (χ3n) is 4.52. The minimum atomic E-state index is -3.88. The largest absolute Gasteiger partial charge is 0.491 e. The van der Waals surface area contributed by atoms with Gasteiger partial charge >= 0.3 is 0 Å². The number of amides is 1. The molecule has 0 heterocycles. The first-order valence-electron chi connectivity index (χ1n) is 10.1. The predicted octanol–water partition coefficient (Wildman–Crippen LogP) is 4.94. The molecule has 3 aromatic rings. The number of anilines is 2. The number of hydrogen-bond donors (Lipinski definition) is 1. The fourth-order valence-electron chi connectivity index (χ4n) is 3.15. The third-order valence-corrected chi connectivity index (χ3v) is 6.48. The van der Waals surface area contributed by atoms with Crippen molar-refractivity contribution in [3.8, 4) is 5.75 Å². The number of carbonyl (C=O) groups excluding carboxylic acids is 1. The standard InChI is InChI=1S/C24H26N2O4S/c1-4-26(20-10-6-5-7-11-20)31(28,29)23-13-9-8-12-22(23)25-24(27)19-14-16-21(17-15-19)30-18(2)3/h5-18H,4H2,1-3H3,(H,25,27). The van der Waals surface area contributed by atoms with Crippen LogP contribution in [0.2, 0.25) is 0 Å². The Bertz CT molecular complexity index is 1130. The van der Waals surface area contributed by atoms with Crippen LogP contribution in [-0.2, 0) is 10.0 Å². The number of rotatable bonds is 8. The van der Waals surface area contributed by atoms with Gasteiger partial charge in [0.1, 0.15) is 10.6 Å². The van der Waals surface area contributed by atoms with Crippen molar-refractivity contribution in [2.24, 2.45) is 0 Å². The Kier molecular flexibility index (Phi) is 6.97. The molecule has 0 aliphatic heterocycles. The lowest BCUT2D eigenvalue weighted by atomic mass is 10.2. The van der Waals surface area contributed by atoms with Crippen molar-refractivity contribution in [2.45, 2.75) is 31.8 Å². The molecule has 0 bridgehead atoms. The zero-order valence-corrected chi connectivity index (χ0v) is 18.6. The van der Waals surface area contributed by atoms with E-state index in [0.29, 0.717) is 17.0 Å². The van der Waals surface area contributed by atoms with Gasteiger partial charge in [-0.3, -0.25) is 9.10 Å². The Labute approximate surface area is 183 Å². The molecule has 0 spiro atoms. The van der Waals surface area contributed by atoms with E-state index in [4.69, 9.17) is 4.74 Å². The van der Waals surface area contributed by atoms with E-state index in [1.165, 1.54) is 10.4 Å². The van der Waals surface area contributed by atoms with Gasteiger partial charge in [-0.2, -0.15) is 0 Å². The quantitative estimate of drug-likeness (QED) is 0.540. The summed E-state index contributed by atoms with van der Waals surface area (Å²) in [5.74, 6) is 0.262. The van der Waals surface area contributed by atoms with Crippen molar-refractivity contribution >= 4 is 27.3 Å². The molecule has 0 aliphatic carbocycles. The molecule has 1 N–H and O–H groups in total. The van der Waals surface area contributed by atoms with Crippen LogP contribution in [0.25, 0.3) is 0 Å². The van der Waals surface area contributed by atoms with Crippen LogP contribution in [-0.4, -0.2) is 27.0 Å². The first kappa shape index (κ1) is 22.4. The number of ether oxygens (including phenoxy) is 1. The summed E-state index contributed by atoms with van der Waals surface area (Å²) in [6, 6.07) is 22.0. The van der Waals surface area contributed by atoms with Crippen LogP contribution in [0.3, 0.4) is 0 Å². The van der Waals surface area contributed by atoms with E-state index < -0.39 is 15.9 Å². The average Bonchev–Trinajstić information content (AvgIpc) is 2.75. The third kappa shape index (κ3) is 5.24. The molecule has 0 aliphatic rings. The molecule has 3 rings (SSSR count). The maximum absolute atomic E-state index is 13.4. The van der Waals surface area contributed by atoms with Gasteiger partial charge in [-0.05, 0) is 69.3 Å². The Morgan fingerprint density at radius 2 is 1.55 bits per heavy atom. The minimum Gasteiger partial charge on any atom is -0.491 e. The maximum Gasteiger partial charge on any atom is 0.266 e. The summed E-state index contributed by atoms with van der Waals surface area (Å²) < 4.78 is 33.7. The average molecular weight is 439 g/mol. The molecule has 0 fully saturated rings. The van der Waals surface area contributed by atoms with E-state index in [-0.39, 0.29) is 23.2 Å². The normalized spacial score (nSPS) is 11.2. The highest BCUT2D eigenvalue weighted by molar-refractivity contribution is 7.93. The van der Waals surface area contributed by atoms with E-state index in [9.17, 15) is 13.2 Å². The van der Waals surface area contributed by atoms with Gasteiger partial charge in [0.15, 0.2) is 0 Å². The van der Waals surface area contributed by atoms with E-state index in [0.717, 1.165) is 0 Å². The lowest BCUT2D eigenvalue weighted by Crippen LogP contribution is -2.31. The van der Waals surface area contributed by atoms with E-state index in [1.807, 2.05) is 19.9 Å². The molecule has 0 aromatic heterocycles. The predicted molar refractivity (Wildman–Crippen MR) is 123 cm³/mol. The number of nitrogens with zero attached hydrogens (tertiary/aromatic N) is 1. The fourth-order valence-corrected chi connectivity index (χ4v) is 4.77. The lowest BCUT2D eigenvalue weighted by molar-refractivity contribution is 0.102. The first-order chi connectivity index (χ1) is 14.8. The van der Waals surface area contributed by atoms with Gasteiger partial charge in [-0.25, -0.2) is 8.42 Å². The zero-order chi connectivity index (χ0) is 22.4. The molecular formula is C24H26N2O4S. The smallest absolute Gasteiger partial charge is 0.266 e. The second-order valence-electron chi connectivity index (χ2n) is 7.15. The molecule has 1 amide bonds. The molecule has 3 aromatic carbocycles. The lowest BCUT2D eigenvalue weighted by Gasteiger charge is -2.24. The van der Waals surface area contributed by atoms with Crippen molar-refractivity contribution in [3.05, 3.63) is 84.4 Å². The minimum absolute atomic E-state index is 0.0305. The second kappa shape index (κ2) is 9.66. The van der Waals surface area contributed by atoms with Gasteiger partial charge < -0.3 is 10.1 Å². The summed E-state index contributed by atoms with van der Waals surface area (Å²) in [6.45, 7) is 5.87. The molecule has 31 heavy (non-hydrogen) atoms. The van der Waals surface area contributed by atoms with Crippen molar-refractivity contribution in [2.75, 3.05) is 16.2 Å². The highest BCUT2D eigenvalue weighted by atomic mass is 32.2. The summed E-state index contributed by atoms with van der Waals surface area (Å²) >= 11 is 0. The number of nitrogens with one attached hydrogen (secondary N) is 1. The van der Waals surface area contributed by atoms with Crippen LogP contribution in [0, 0.1) is 0 Å². The zero-order valence-electron chi connectivity index (χ0n) is 17.8. The van der Waals surface area contributed by atoms with E-state index in [1.54, 1.807) is 73.7 Å². The van der Waals surface area contributed by atoms with Crippen LogP contribution in [0.5, 0.6) is 5.75 Å². The van der Waals surface area contributed by atoms with Crippen LogP contribution >= 0.6 is 0 Å². The van der Waals surface area contributed by atoms with Crippen LogP contribution in [0.1, 0.15) is 31.1 Å². The molecule has 162 valence electrons. The van der Waals surface area contributed by atoms with Gasteiger partial charge in [-0.1, -0.05) is 30.3 Å². The molecule has 0 saturated carbocycles. The van der Waals surface area contributed by atoms with E-state index >= 15 is 0 Å². The molecule has 0 atom stereocenters. The van der Waals surface area contributed by atoms with E-state index in [2.05, 4.69) is 5.32 Å². The van der Waals surface area contributed by atoms with Crippen LogP contribution in [0.15, 0.2) is 83.8 Å². The monoisotopic (exact) mass is 438 g/mol. The Morgan fingerprint density at radius 1 is 0.935 bits per heavy atom. The number of sulfonamides is 1. The van der Waals surface area contributed by atoms with Gasteiger partial charge in [0.2, 0.25) is 0 Å². The number of para-hydroxylation sites is 2. The number of benzene rings is 3. The Balaban J connectivity index is 1.88. The van der Waals surface area contributed by atoms with Crippen LogP contribution in [0.4, 0.5) is 11.4 Å². The fraction of sp³-hybridized carbons (Fsp3) is 0.208. The van der Waals surface area contributed by atoms with Crippen molar-refractivity contribution in [1.82, 2.24) is 0 Å². The van der Waals surface area contributed by atoms with Crippen molar-refractivity contribution in [1.29, 1.82) is 0 Å². The number of carbonyl (C=O) groups is 1. The second-order valence-corrected chi connectivity index (χ2v) is 8.98. The molecule has 6 nitrogen and oxygen atoms in total. The molecule has 7 heteroatoms. The summed E-state index contributed by atoms with van der Waals surface area (Å²) in [5.41, 5.74) is 1.19. The molecule has 0 radical (unpaired) electrons. The summed E-state index contributed by atoms with van der Waals surface area (Å²) in [7, 11) is -3.88. The van der Waals surface area contributed by atoms with Crippen molar-refractivity contribution < 1.29 is 17.9 Å². The molecule has 0 saturated heterocycles. The van der Waals surface area contributed by atoms with Gasteiger partial charge in [0.05, 0.1) is 17.5 Å². The molecule has 0 unspecified atom stereocenters. The van der Waals surface area contributed by atoms with Crippen LogP contribution < -0.4 is 14.4 Å². The highest BCUT2D eigenvalue weighted by Crippen LogP contribution is 2.28. The van der Waals surface area contributed by atoms with Gasteiger partial charge in [0.25, 0.3) is 15.9 Å². The summed E-state index contributed by atoms with van der Waals surface area (Å²) in [5, 5.41) is 2.74. The number of hydrogen-bond acceptors (Lipinski definition) is 4. The maximum atomic E-state index is 13.4. The van der Waals surface area contributed by atoms with Gasteiger partial charge in [0, 0.05) is 12.1 Å². The SMILES string of the molecule is CCN(c1ccccc1)S(=O)(=O)c1ccccc1NC(=O)c1ccc(OC(C)C)cc1. The van der Waals surface area contributed by atoms with Gasteiger partial charge in [-0.15, -0.1) is 0 Å². The Morgan fingerprint density at radius 3 is 2.16 bits per heavy atom. The highest BCUT2D eigenvalue weighted by Gasteiger charge is 2.26. The Hall–Kier alpha value is -3.32.